The lowest BCUT2D eigenvalue weighted by atomic mass is 9.88. The molecule has 0 aliphatic heterocycles. The van der Waals surface area contributed by atoms with E-state index in [9.17, 15) is 9.59 Å². The number of benzene rings is 2. The quantitative estimate of drug-likeness (QED) is 0.368. The minimum absolute atomic E-state index is 0.0637. The third-order valence-electron chi connectivity index (χ3n) is 4.47. The van der Waals surface area contributed by atoms with Crippen molar-refractivity contribution in [1.29, 1.82) is 0 Å². The van der Waals surface area contributed by atoms with E-state index in [4.69, 9.17) is 4.74 Å². The predicted octanol–water partition coefficient (Wildman–Crippen LogP) is 3.86. The molecule has 0 amide bonds. The molecule has 3 rings (SSSR count). The van der Waals surface area contributed by atoms with Crippen LogP contribution in [0.15, 0.2) is 72.9 Å². The van der Waals surface area contributed by atoms with Crippen molar-refractivity contribution in [1.82, 2.24) is 4.98 Å². The van der Waals surface area contributed by atoms with Gasteiger partial charge >= 0.3 is 5.97 Å². The van der Waals surface area contributed by atoms with Crippen LogP contribution in [0.1, 0.15) is 41.6 Å². The summed E-state index contributed by atoms with van der Waals surface area (Å²) < 4.78 is 5.01. The minimum Gasteiger partial charge on any atom is -0.465 e. The van der Waals surface area contributed by atoms with E-state index in [-0.39, 0.29) is 5.78 Å². The lowest BCUT2D eigenvalue weighted by molar-refractivity contribution is 0.0601. The van der Waals surface area contributed by atoms with Gasteiger partial charge in [0.1, 0.15) is 5.69 Å². The summed E-state index contributed by atoms with van der Waals surface area (Å²) in [5, 5.41) is 2.94. The fraction of sp³-hybridized carbons (Fsp3) is 0.208. The lowest BCUT2D eigenvalue weighted by Crippen LogP contribution is -2.29. The molecular weight excluding hydrogens is 381 g/mol. The van der Waals surface area contributed by atoms with Crippen molar-refractivity contribution in [2.45, 2.75) is 20.8 Å². The lowest BCUT2D eigenvalue weighted by Gasteiger charge is -2.23. The number of hydrogen-bond acceptors (Lipinski definition) is 4. The number of nitrogens with zero attached hydrogens (tertiary/aromatic N) is 1. The van der Waals surface area contributed by atoms with E-state index in [1.165, 1.54) is 13.3 Å². The van der Waals surface area contributed by atoms with Crippen LogP contribution in [0.3, 0.4) is 0 Å². The van der Waals surface area contributed by atoms with Gasteiger partial charge in [-0.15, -0.1) is 0 Å². The zero-order valence-electron chi connectivity index (χ0n) is 17.0. The van der Waals surface area contributed by atoms with Gasteiger partial charge in [-0.3, -0.25) is 9.78 Å². The van der Waals surface area contributed by atoms with Crippen molar-refractivity contribution in [2.24, 2.45) is 5.41 Å². The highest BCUT2D eigenvalue weighted by Gasteiger charge is 2.29. The van der Waals surface area contributed by atoms with E-state index in [0.717, 1.165) is 15.9 Å². The van der Waals surface area contributed by atoms with Crippen LogP contribution in [0, 0.1) is 5.41 Å². The standard InChI is InChI=1S/C24H24NO3P/c1-24(2,3)22(26)20-15-21(19(16-25-20)23(27)28-4)29(17-11-7-5-8-12-17)18-13-9-6-10-14-18/h5-16H,1-4H3. The summed E-state index contributed by atoms with van der Waals surface area (Å²) in [6, 6.07) is 21.8. The summed E-state index contributed by atoms with van der Waals surface area (Å²) in [4.78, 5) is 29.7. The van der Waals surface area contributed by atoms with Gasteiger partial charge in [0.2, 0.25) is 0 Å². The monoisotopic (exact) mass is 405 g/mol. The molecule has 4 nitrogen and oxygen atoms in total. The largest absolute Gasteiger partial charge is 0.465 e. The summed E-state index contributed by atoms with van der Waals surface area (Å²) in [6.07, 6.45) is 1.47. The van der Waals surface area contributed by atoms with Crippen molar-refractivity contribution in [3.8, 4) is 0 Å². The molecule has 0 saturated carbocycles. The normalized spacial score (nSPS) is 11.3. The zero-order valence-corrected chi connectivity index (χ0v) is 17.9. The van der Waals surface area contributed by atoms with Crippen LogP contribution in [0.4, 0.5) is 0 Å². The van der Waals surface area contributed by atoms with E-state index in [1.807, 2.05) is 81.4 Å². The van der Waals surface area contributed by atoms with Crippen molar-refractivity contribution in [3.05, 3.63) is 84.2 Å². The van der Waals surface area contributed by atoms with Crippen LogP contribution in [0.2, 0.25) is 0 Å². The number of carbonyl (C=O) groups is 2. The van der Waals surface area contributed by atoms with E-state index in [2.05, 4.69) is 4.98 Å². The fourth-order valence-electron chi connectivity index (χ4n) is 2.99. The van der Waals surface area contributed by atoms with Gasteiger partial charge in [-0.1, -0.05) is 81.4 Å². The molecule has 2 aromatic carbocycles. The number of pyridine rings is 1. The summed E-state index contributed by atoms with van der Waals surface area (Å²) >= 11 is 0. The first kappa shape index (κ1) is 20.9. The first-order valence-corrected chi connectivity index (χ1v) is 10.7. The van der Waals surface area contributed by atoms with E-state index in [1.54, 1.807) is 6.07 Å². The second-order valence-corrected chi connectivity index (χ2v) is 9.85. The van der Waals surface area contributed by atoms with Gasteiger partial charge in [0.25, 0.3) is 0 Å². The average molecular weight is 405 g/mol. The Bertz CT molecular complexity index is 972. The third-order valence-corrected chi connectivity index (χ3v) is 6.95. The second-order valence-electron chi connectivity index (χ2n) is 7.66. The summed E-state index contributed by atoms with van der Waals surface area (Å²) in [5.74, 6) is -0.521. The molecule has 0 radical (unpaired) electrons. The SMILES string of the molecule is COC(=O)c1cnc(C(=O)C(C)(C)C)cc1P(c1ccccc1)c1ccccc1. The van der Waals surface area contributed by atoms with Gasteiger partial charge in [-0.05, 0) is 24.6 Å². The fourth-order valence-corrected chi connectivity index (χ4v) is 5.42. The number of methoxy groups -OCH3 is 1. The van der Waals surface area contributed by atoms with Crippen molar-refractivity contribution < 1.29 is 14.3 Å². The molecule has 1 aromatic heterocycles. The molecule has 0 unspecified atom stereocenters. The Labute approximate surface area is 172 Å². The molecule has 0 aliphatic rings. The summed E-state index contributed by atoms with van der Waals surface area (Å²) in [7, 11) is 0.280. The van der Waals surface area contributed by atoms with Gasteiger partial charge in [0.05, 0.1) is 12.7 Å². The maximum absolute atomic E-state index is 12.9. The number of carbonyl (C=O) groups excluding carboxylic acids is 2. The molecule has 3 aromatic rings. The zero-order chi connectivity index (χ0) is 21.0. The Balaban J connectivity index is 2.27. The Hall–Kier alpha value is -2.84. The summed E-state index contributed by atoms with van der Waals surface area (Å²) in [6.45, 7) is 5.59. The van der Waals surface area contributed by atoms with E-state index >= 15 is 0 Å². The number of esters is 1. The molecule has 1 heterocycles. The number of hydrogen-bond donors (Lipinski definition) is 0. The van der Waals surface area contributed by atoms with Crippen LogP contribution in [-0.2, 0) is 4.74 Å². The Kier molecular flexibility index (Phi) is 6.24. The van der Waals surface area contributed by atoms with Crippen molar-refractivity contribution in [2.75, 3.05) is 7.11 Å². The molecular formula is C24H24NO3P. The van der Waals surface area contributed by atoms with Crippen LogP contribution in [0.5, 0.6) is 0 Å². The second kappa shape index (κ2) is 8.67. The maximum Gasteiger partial charge on any atom is 0.340 e. The highest BCUT2D eigenvalue weighted by molar-refractivity contribution is 7.80. The van der Waals surface area contributed by atoms with Crippen LogP contribution in [-0.4, -0.2) is 23.8 Å². The van der Waals surface area contributed by atoms with E-state index < -0.39 is 19.3 Å². The molecule has 0 spiro atoms. The molecule has 0 aliphatic carbocycles. The topological polar surface area (TPSA) is 56.3 Å². The van der Waals surface area contributed by atoms with Gasteiger partial charge < -0.3 is 4.74 Å². The maximum atomic E-state index is 12.9. The van der Waals surface area contributed by atoms with Crippen LogP contribution < -0.4 is 15.9 Å². The highest BCUT2D eigenvalue weighted by Crippen LogP contribution is 2.35. The average Bonchev–Trinajstić information content (AvgIpc) is 2.73. The van der Waals surface area contributed by atoms with Crippen molar-refractivity contribution in [3.63, 3.8) is 0 Å². The first-order valence-electron chi connectivity index (χ1n) is 9.36. The van der Waals surface area contributed by atoms with Crippen LogP contribution in [0.25, 0.3) is 0 Å². The smallest absolute Gasteiger partial charge is 0.340 e. The number of ether oxygens (including phenoxy) is 1. The molecule has 29 heavy (non-hydrogen) atoms. The van der Waals surface area contributed by atoms with Gasteiger partial charge in [0.15, 0.2) is 5.78 Å². The molecule has 148 valence electrons. The van der Waals surface area contributed by atoms with E-state index in [0.29, 0.717) is 11.3 Å². The number of Topliss-reactive ketones (excluding diaryl/α,β-unsaturated/α-hetero) is 1. The third kappa shape index (κ3) is 4.60. The molecule has 5 heteroatoms. The first-order chi connectivity index (χ1) is 13.8. The van der Waals surface area contributed by atoms with Gasteiger partial charge in [0, 0.05) is 16.9 Å². The predicted molar refractivity (Wildman–Crippen MR) is 118 cm³/mol. The molecule has 0 fully saturated rings. The summed E-state index contributed by atoms with van der Waals surface area (Å²) in [5.41, 5.74) is 0.176. The number of rotatable bonds is 5. The number of ketones is 1. The molecule has 0 N–H and O–H groups in total. The Morgan fingerprint density at radius 2 is 1.41 bits per heavy atom. The Morgan fingerprint density at radius 3 is 1.86 bits per heavy atom. The molecule has 0 bridgehead atoms. The molecule has 0 saturated heterocycles. The molecule has 0 atom stereocenters. The van der Waals surface area contributed by atoms with Crippen LogP contribution >= 0.6 is 7.92 Å². The highest BCUT2D eigenvalue weighted by atomic mass is 31.1. The van der Waals surface area contributed by atoms with Gasteiger partial charge in [-0.25, -0.2) is 4.79 Å². The number of aromatic nitrogens is 1. The Morgan fingerprint density at radius 1 is 0.897 bits per heavy atom. The minimum atomic E-state index is -1.07. The van der Waals surface area contributed by atoms with Crippen molar-refractivity contribution >= 4 is 35.6 Å². The van der Waals surface area contributed by atoms with Gasteiger partial charge in [-0.2, -0.15) is 0 Å².